The van der Waals surface area contributed by atoms with Gasteiger partial charge in [-0.3, -0.25) is 4.68 Å². The number of halogens is 1. The van der Waals surface area contributed by atoms with Crippen LogP contribution in [0.15, 0.2) is 47.1 Å². The quantitative estimate of drug-likeness (QED) is 0.727. The molecule has 0 bridgehead atoms. The first-order valence-corrected chi connectivity index (χ1v) is 7.39. The second kappa shape index (κ2) is 5.81. The van der Waals surface area contributed by atoms with Crippen molar-refractivity contribution in [1.82, 2.24) is 9.78 Å². The number of phenols is 1. The maximum atomic E-state index is 11.5. The number of carbonyl (C=O) groups excluding carboxylic acids is 1. The monoisotopic (exact) mass is 360 g/mol. The maximum Gasteiger partial charge on any atom is 0.337 e. The lowest BCUT2D eigenvalue weighted by molar-refractivity contribution is 0.0601. The zero-order chi connectivity index (χ0) is 15.7. The van der Waals surface area contributed by atoms with E-state index in [1.807, 2.05) is 12.3 Å². The number of hydrogen-bond donors (Lipinski definition) is 1. The number of methoxy groups -OCH3 is 1. The molecule has 0 radical (unpaired) electrons. The first-order chi connectivity index (χ1) is 10.6. The van der Waals surface area contributed by atoms with Crippen LogP contribution in [0.1, 0.15) is 15.9 Å². The van der Waals surface area contributed by atoms with Crippen LogP contribution in [0.3, 0.4) is 0 Å². The summed E-state index contributed by atoms with van der Waals surface area (Å²) in [4.78, 5) is 11.5. The highest BCUT2D eigenvalue weighted by Crippen LogP contribution is 2.23. The van der Waals surface area contributed by atoms with Gasteiger partial charge in [0.2, 0.25) is 0 Å². The largest absolute Gasteiger partial charge is 0.508 e. The van der Waals surface area contributed by atoms with E-state index in [0.29, 0.717) is 12.1 Å². The van der Waals surface area contributed by atoms with Crippen molar-refractivity contribution in [2.24, 2.45) is 0 Å². The van der Waals surface area contributed by atoms with Crippen LogP contribution in [0.5, 0.6) is 5.75 Å². The number of benzene rings is 2. The molecule has 112 valence electrons. The Bertz CT molecular complexity index is 858. The molecule has 0 unspecified atom stereocenters. The highest BCUT2D eigenvalue weighted by Gasteiger charge is 2.09. The van der Waals surface area contributed by atoms with Crippen molar-refractivity contribution in [1.29, 1.82) is 0 Å². The third kappa shape index (κ3) is 2.82. The van der Waals surface area contributed by atoms with Crippen molar-refractivity contribution < 1.29 is 14.6 Å². The van der Waals surface area contributed by atoms with Gasteiger partial charge in [-0.2, -0.15) is 5.10 Å². The van der Waals surface area contributed by atoms with E-state index in [-0.39, 0.29) is 11.7 Å². The third-order valence-corrected chi connectivity index (χ3v) is 3.84. The van der Waals surface area contributed by atoms with Gasteiger partial charge in [-0.05, 0) is 36.4 Å². The number of phenolic OH excluding ortho intramolecular Hbond substituents is 1. The smallest absolute Gasteiger partial charge is 0.337 e. The number of rotatable bonds is 3. The number of ether oxygens (including phenoxy) is 1. The van der Waals surface area contributed by atoms with Gasteiger partial charge < -0.3 is 9.84 Å². The summed E-state index contributed by atoms with van der Waals surface area (Å²) < 4.78 is 7.34. The second-order valence-electron chi connectivity index (χ2n) is 4.86. The molecule has 0 fully saturated rings. The molecule has 0 aliphatic heterocycles. The van der Waals surface area contributed by atoms with Gasteiger partial charge in [0.05, 0.1) is 24.7 Å². The van der Waals surface area contributed by atoms with E-state index in [1.165, 1.54) is 7.11 Å². The number of carbonyl (C=O) groups is 1. The van der Waals surface area contributed by atoms with Gasteiger partial charge in [0, 0.05) is 21.6 Å². The van der Waals surface area contributed by atoms with Gasteiger partial charge in [-0.1, -0.05) is 15.9 Å². The number of aromatic nitrogens is 2. The fourth-order valence-corrected chi connectivity index (χ4v) is 2.67. The average molecular weight is 361 g/mol. The van der Waals surface area contributed by atoms with Crippen LogP contribution < -0.4 is 0 Å². The van der Waals surface area contributed by atoms with Crippen molar-refractivity contribution in [3.05, 3.63) is 58.2 Å². The molecule has 0 aliphatic carbocycles. The van der Waals surface area contributed by atoms with E-state index in [1.54, 1.807) is 35.0 Å². The molecule has 1 N–H and O–H groups in total. The first kappa shape index (κ1) is 14.6. The van der Waals surface area contributed by atoms with E-state index in [4.69, 9.17) is 4.74 Å². The summed E-state index contributed by atoms with van der Waals surface area (Å²) in [7, 11) is 1.35. The summed E-state index contributed by atoms with van der Waals surface area (Å²) in [6.45, 7) is 0.438. The predicted molar refractivity (Wildman–Crippen MR) is 86.0 cm³/mol. The van der Waals surface area contributed by atoms with Gasteiger partial charge in [0.1, 0.15) is 5.75 Å². The van der Waals surface area contributed by atoms with E-state index in [0.717, 1.165) is 20.9 Å². The molecule has 0 saturated heterocycles. The Morgan fingerprint density at radius 1 is 1.32 bits per heavy atom. The molecular weight excluding hydrogens is 348 g/mol. The van der Waals surface area contributed by atoms with E-state index in [9.17, 15) is 9.90 Å². The molecule has 22 heavy (non-hydrogen) atoms. The molecule has 2 aromatic carbocycles. The van der Waals surface area contributed by atoms with E-state index in [2.05, 4.69) is 21.0 Å². The van der Waals surface area contributed by atoms with Crippen LogP contribution in [0.2, 0.25) is 0 Å². The highest BCUT2D eigenvalue weighted by atomic mass is 79.9. The Labute approximate surface area is 135 Å². The summed E-state index contributed by atoms with van der Waals surface area (Å²) in [6, 6.07) is 10.5. The van der Waals surface area contributed by atoms with Gasteiger partial charge in [-0.15, -0.1) is 0 Å². The van der Waals surface area contributed by atoms with Crippen molar-refractivity contribution in [3.63, 3.8) is 0 Å². The molecule has 1 aromatic heterocycles. The fourth-order valence-electron chi connectivity index (χ4n) is 2.26. The first-order valence-electron chi connectivity index (χ1n) is 6.60. The molecule has 1 heterocycles. The summed E-state index contributed by atoms with van der Waals surface area (Å²) >= 11 is 3.39. The topological polar surface area (TPSA) is 64.3 Å². The minimum absolute atomic E-state index is 0.220. The van der Waals surface area contributed by atoms with Crippen molar-refractivity contribution in [3.8, 4) is 5.75 Å². The van der Waals surface area contributed by atoms with Crippen LogP contribution in [-0.4, -0.2) is 28.0 Å². The van der Waals surface area contributed by atoms with Crippen LogP contribution in [-0.2, 0) is 11.3 Å². The van der Waals surface area contributed by atoms with Crippen LogP contribution >= 0.6 is 15.9 Å². The van der Waals surface area contributed by atoms with Gasteiger partial charge in [0.25, 0.3) is 0 Å². The normalized spacial score (nSPS) is 10.8. The Morgan fingerprint density at radius 2 is 2.14 bits per heavy atom. The Morgan fingerprint density at radius 3 is 2.91 bits per heavy atom. The number of fused-ring (bicyclic) bond motifs is 1. The van der Waals surface area contributed by atoms with Crippen molar-refractivity contribution in [2.45, 2.75) is 6.54 Å². The summed E-state index contributed by atoms with van der Waals surface area (Å²) in [5.41, 5.74) is 2.03. The van der Waals surface area contributed by atoms with Crippen molar-refractivity contribution >= 4 is 32.8 Å². The molecule has 0 atom stereocenters. The van der Waals surface area contributed by atoms with Gasteiger partial charge in [0.15, 0.2) is 0 Å². The standard InChI is InChI=1S/C16H13BrN2O3/c1-22-16(21)10-2-4-14-11(6-10)8-19(18-14)9-12-7-13(17)3-5-15(12)20/h2-8,20H,9H2,1H3. The molecule has 0 spiro atoms. The minimum Gasteiger partial charge on any atom is -0.508 e. The number of nitrogens with zero attached hydrogens (tertiary/aromatic N) is 2. The molecule has 3 rings (SSSR count). The maximum absolute atomic E-state index is 11.5. The second-order valence-corrected chi connectivity index (χ2v) is 5.78. The molecular formula is C16H13BrN2O3. The molecule has 0 aliphatic rings. The lowest BCUT2D eigenvalue weighted by Crippen LogP contribution is -2.00. The Hall–Kier alpha value is -2.34. The number of aromatic hydroxyl groups is 1. The van der Waals surface area contributed by atoms with E-state index < -0.39 is 0 Å². The lowest BCUT2D eigenvalue weighted by atomic mass is 10.1. The summed E-state index contributed by atoms with van der Waals surface area (Å²) in [5, 5.41) is 15.2. The SMILES string of the molecule is COC(=O)c1ccc2nn(Cc3cc(Br)ccc3O)cc2c1. The van der Waals surface area contributed by atoms with Crippen LogP contribution in [0.4, 0.5) is 0 Å². The van der Waals surface area contributed by atoms with Gasteiger partial charge >= 0.3 is 5.97 Å². The van der Waals surface area contributed by atoms with Crippen molar-refractivity contribution in [2.75, 3.05) is 7.11 Å². The van der Waals surface area contributed by atoms with Crippen LogP contribution in [0.25, 0.3) is 10.9 Å². The lowest BCUT2D eigenvalue weighted by Gasteiger charge is -2.05. The molecule has 3 aromatic rings. The number of esters is 1. The Kier molecular flexibility index (Phi) is 3.85. The fraction of sp³-hybridized carbons (Fsp3) is 0.125. The van der Waals surface area contributed by atoms with Gasteiger partial charge in [-0.25, -0.2) is 4.79 Å². The molecule has 0 amide bonds. The van der Waals surface area contributed by atoms with E-state index >= 15 is 0 Å². The number of hydrogen-bond acceptors (Lipinski definition) is 4. The minimum atomic E-state index is -0.376. The summed E-state index contributed by atoms with van der Waals surface area (Å²) in [6.07, 6.45) is 1.84. The summed E-state index contributed by atoms with van der Waals surface area (Å²) in [5.74, 6) is -0.155. The zero-order valence-electron chi connectivity index (χ0n) is 11.8. The molecule has 6 heteroatoms. The van der Waals surface area contributed by atoms with Crippen LogP contribution in [0, 0.1) is 0 Å². The molecule has 5 nitrogen and oxygen atoms in total. The highest BCUT2D eigenvalue weighted by molar-refractivity contribution is 9.10. The average Bonchev–Trinajstić information content (AvgIpc) is 2.91. The zero-order valence-corrected chi connectivity index (χ0v) is 13.4. The third-order valence-electron chi connectivity index (χ3n) is 3.35. The predicted octanol–water partition coefficient (Wildman–Crippen LogP) is 3.34. The Balaban J connectivity index is 1.95. The molecule has 0 saturated carbocycles.